The van der Waals surface area contributed by atoms with Gasteiger partial charge in [0, 0.05) is 6.54 Å². The summed E-state index contributed by atoms with van der Waals surface area (Å²) < 4.78 is 31.0. The summed E-state index contributed by atoms with van der Waals surface area (Å²) in [5.41, 5.74) is 1.14. The number of likely N-dealkylation sites (tertiary alicyclic amines) is 1. The van der Waals surface area contributed by atoms with Gasteiger partial charge in [-0.15, -0.1) is 0 Å². The molecule has 1 amide bonds. The Hall–Kier alpha value is -2.84. The first-order chi connectivity index (χ1) is 15.9. The van der Waals surface area contributed by atoms with Gasteiger partial charge in [0.2, 0.25) is 0 Å². The number of benzene rings is 2. The van der Waals surface area contributed by atoms with E-state index >= 15 is 0 Å². The number of halogens is 1. The van der Waals surface area contributed by atoms with Crippen LogP contribution in [0.25, 0.3) is 0 Å². The Labute approximate surface area is 194 Å². The molecule has 180 valence electrons. The van der Waals surface area contributed by atoms with Gasteiger partial charge in [-0.05, 0) is 63.0 Å². The number of nitrogens with zero attached hydrogens (tertiary/aromatic N) is 1. The Morgan fingerprint density at radius 1 is 1.18 bits per heavy atom. The van der Waals surface area contributed by atoms with Gasteiger partial charge in [0.1, 0.15) is 12.7 Å². The summed E-state index contributed by atoms with van der Waals surface area (Å²) in [6.07, 6.45) is 0.0597. The fourth-order valence-corrected chi connectivity index (χ4v) is 3.88. The first-order valence-corrected chi connectivity index (χ1v) is 11.3. The number of hydrogen-bond acceptors (Lipinski definition) is 6. The molecule has 2 N–H and O–H groups in total. The maximum absolute atomic E-state index is 14.8. The summed E-state index contributed by atoms with van der Waals surface area (Å²) in [5, 5.41) is 13.9. The number of rotatable bonds is 10. The zero-order chi connectivity index (χ0) is 23.8. The molecule has 0 radical (unpaired) electrons. The highest BCUT2D eigenvalue weighted by molar-refractivity contribution is 5.67. The van der Waals surface area contributed by atoms with Crippen molar-refractivity contribution in [1.82, 2.24) is 10.2 Å². The number of nitrogens with one attached hydrogen (secondary N) is 1. The van der Waals surface area contributed by atoms with Gasteiger partial charge in [-0.3, -0.25) is 0 Å². The van der Waals surface area contributed by atoms with Crippen LogP contribution in [0.15, 0.2) is 42.5 Å². The zero-order valence-corrected chi connectivity index (χ0v) is 19.4. The van der Waals surface area contributed by atoms with E-state index in [0.29, 0.717) is 6.54 Å². The minimum absolute atomic E-state index is 0.00484. The lowest BCUT2D eigenvalue weighted by Gasteiger charge is -2.29. The predicted octanol–water partition coefficient (Wildman–Crippen LogP) is 4.05. The molecular formula is C25H33FN2O5. The first-order valence-electron chi connectivity index (χ1n) is 11.3. The van der Waals surface area contributed by atoms with Crippen molar-refractivity contribution >= 4 is 6.09 Å². The molecule has 2 atom stereocenters. The molecule has 0 bridgehead atoms. The summed E-state index contributed by atoms with van der Waals surface area (Å²) in [7, 11) is 1.42. The topological polar surface area (TPSA) is 80.3 Å². The van der Waals surface area contributed by atoms with Crippen LogP contribution in [0.5, 0.6) is 11.5 Å². The molecule has 7 nitrogen and oxygen atoms in total. The highest BCUT2D eigenvalue weighted by Crippen LogP contribution is 2.35. The Morgan fingerprint density at radius 3 is 2.52 bits per heavy atom. The van der Waals surface area contributed by atoms with Gasteiger partial charge in [-0.1, -0.05) is 30.3 Å². The van der Waals surface area contributed by atoms with E-state index < -0.39 is 24.1 Å². The van der Waals surface area contributed by atoms with Gasteiger partial charge in [-0.2, -0.15) is 0 Å². The minimum Gasteiger partial charge on any atom is -0.493 e. The second-order valence-corrected chi connectivity index (χ2v) is 8.47. The smallest absolute Gasteiger partial charge is 0.407 e. The van der Waals surface area contributed by atoms with E-state index in [1.54, 1.807) is 19.9 Å². The fourth-order valence-electron chi connectivity index (χ4n) is 3.88. The number of alkyl carbamates (subject to hydrolysis) is 1. The van der Waals surface area contributed by atoms with Crippen LogP contribution in [0.3, 0.4) is 0 Å². The quantitative estimate of drug-likeness (QED) is 0.557. The number of methoxy groups -OCH3 is 1. The number of carbonyl (C=O) groups excluding carboxylic acids is 1. The number of amides is 1. The highest BCUT2D eigenvalue weighted by atomic mass is 19.1. The Kier molecular flexibility index (Phi) is 8.91. The van der Waals surface area contributed by atoms with E-state index in [-0.39, 0.29) is 29.8 Å². The molecule has 2 aromatic carbocycles. The normalized spacial score (nSPS) is 15.8. The average Bonchev–Trinajstić information content (AvgIpc) is 3.31. The van der Waals surface area contributed by atoms with E-state index in [1.807, 2.05) is 30.3 Å². The van der Waals surface area contributed by atoms with Crippen LogP contribution < -0.4 is 14.8 Å². The molecule has 0 aromatic heterocycles. The largest absolute Gasteiger partial charge is 0.493 e. The Morgan fingerprint density at radius 2 is 1.88 bits per heavy atom. The van der Waals surface area contributed by atoms with Crippen molar-refractivity contribution in [2.75, 3.05) is 26.7 Å². The lowest BCUT2D eigenvalue weighted by atomic mass is 10.0. The van der Waals surface area contributed by atoms with E-state index in [0.717, 1.165) is 31.5 Å². The standard InChI is InChI=1S/C25H33FN2O5/c1-17(2)33-24-20(26)13-19(14-22(24)31-3)23(29)21(15-28-11-7-8-12-28)27-25(30)32-16-18-9-5-4-6-10-18/h4-6,9-10,13-14,17,21,23,29H,7-8,11-12,15-16H2,1-3H3,(H,27,30)/t21-,23-/m1/s1. The maximum atomic E-state index is 14.8. The molecule has 2 aromatic rings. The van der Waals surface area contributed by atoms with E-state index in [9.17, 15) is 14.3 Å². The minimum atomic E-state index is -1.17. The molecular weight excluding hydrogens is 427 g/mol. The third-order valence-electron chi connectivity index (χ3n) is 5.50. The van der Waals surface area contributed by atoms with Crippen LogP contribution in [-0.2, 0) is 11.3 Å². The SMILES string of the molecule is COc1cc([C@@H](O)[C@@H](CN2CCCC2)NC(=O)OCc2ccccc2)cc(F)c1OC(C)C. The highest BCUT2D eigenvalue weighted by Gasteiger charge is 2.29. The van der Waals surface area contributed by atoms with Crippen molar-refractivity contribution in [3.63, 3.8) is 0 Å². The molecule has 0 saturated carbocycles. The third kappa shape index (κ3) is 7.07. The van der Waals surface area contributed by atoms with Crippen LogP contribution in [0.1, 0.15) is 43.9 Å². The third-order valence-corrected chi connectivity index (χ3v) is 5.50. The molecule has 0 spiro atoms. The van der Waals surface area contributed by atoms with Gasteiger partial charge < -0.3 is 29.5 Å². The van der Waals surface area contributed by atoms with Gasteiger partial charge in [0.25, 0.3) is 0 Å². The monoisotopic (exact) mass is 460 g/mol. The molecule has 1 aliphatic heterocycles. The molecule has 1 saturated heterocycles. The summed E-state index contributed by atoms with van der Waals surface area (Å²) in [4.78, 5) is 14.7. The molecule has 0 aliphatic carbocycles. The van der Waals surface area contributed by atoms with Crippen molar-refractivity contribution in [3.8, 4) is 11.5 Å². The van der Waals surface area contributed by atoms with Crippen molar-refractivity contribution in [2.24, 2.45) is 0 Å². The van der Waals surface area contributed by atoms with E-state index in [1.165, 1.54) is 13.2 Å². The number of ether oxygens (including phenoxy) is 3. The zero-order valence-electron chi connectivity index (χ0n) is 19.4. The fraction of sp³-hybridized carbons (Fsp3) is 0.480. The molecule has 0 unspecified atom stereocenters. The molecule has 1 heterocycles. The Bertz CT molecular complexity index is 903. The molecule has 1 fully saturated rings. The van der Waals surface area contributed by atoms with Crippen molar-refractivity contribution in [3.05, 3.63) is 59.4 Å². The van der Waals surface area contributed by atoms with Gasteiger partial charge in [0.15, 0.2) is 17.3 Å². The van der Waals surface area contributed by atoms with Gasteiger partial charge in [-0.25, -0.2) is 9.18 Å². The average molecular weight is 461 g/mol. The van der Waals surface area contributed by atoms with Crippen molar-refractivity contribution in [2.45, 2.75) is 51.5 Å². The molecule has 3 rings (SSSR count). The van der Waals surface area contributed by atoms with Crippen LogP contribution in [0.4, 0.5) is 9.18 Å². The van der Waals surface area contributed by atoms with Crippen LogP contribution >= 0.6 is 0 Å². The molecule has 1 aliphatic rings. The lowest BCUT2D eigenvalue weighted by Crippen LogP contribution is -2.46. The summed E-state index contributed by atoms with van der Waals surface area (Å²) in [5.74, 6) is -0.456. The van der Waals surface area contributed by atoms with Crippen LogP contribution in [0.2, 0.25) is 0 Å². The van der Waals surface area contributed by atoms with Crippen molar-refractivity contribution in [1.29, 1.82) is 0 Å². The van der Waals surface area contributed by atoms with Gasteiger partial charge in [0.05, 0.1) is 19.3 Å². The Balaban J connectivity index is 1.76. The number of aliphatic hydroxyl groups is 1. The van der Waals surface area contributed by atoms with Crippen LogP contribution in [0, 0.1) is 5.82 Å². The summed E-state index contributed by atoms with van der Waals surface area (Å²) in [6.45, 7) is 5.86. The first kappa shape index (κ1) is 24.8. The number of carbonyl (C=O) groups is 1. The van der Waals surface area contributed by atoms with Gasteiger partial charge >= 0.3 is 6.09 Å². The predicted molar refractivity (Wildman–Crippen MR) is 123 cm³/mol. The second kappa shape index (κ2) is 11.9. The van der Waals surface area contributed by atoms with E-state index in [2.05, 4.69) is 10.2 Å². The summed E-state index contributed by atoms with van der Waals surface area (Å²) >= 11 is 0. The van der Waals surface area contributed by atoms with E-state index in [4.69, 9.17) is 14.2 Å². The number of aliphatic hydroxyl groups excluding tert-OH is 1. The molecule has 33 heavy (non-hydrogen) atoms. The van der Waals surface area contributed by atoms with Crippen LogP contribution in [-0.4, -0.2) is 55.0 Å². The van der Waals surface area contributed by atoms with Crippen molar-refractivity contribution < 1.29 is 28.5 Å². The number of hydrogen-bond donors (Lipinski definition) is 2. The summed E-state index contributed by atoms with van der Waals surface area (Å²) in [6, 6.07) is 11.4. The second-order valence-electron chi connectivity index (χ2n) is 8.47. The maximum Gasteiger partial charge on any atom is 0.407 e. The molecule has 8 heteroatoms. The lowest BCUT2D eigenvalue weighted by molar-refractivity contribution is 0.0878.